The second-order valence-corrected chi connectivity index (χ2v) is 5.80. The van der Waals surface area contributed by atoms with Crippen molar-refractivity contribution >= 4 is 28.3 Å². The largest absolute Gasteiger partial charge is 0.368 e. The Kier molecular flexibility index (Phi) is 4.48. The molecule has 0 saturated heterocycles. The number of benzene rings is 1. The number of aromatic nitrogens is 3. The zero-order valence-electron chi connectivity index (χ0n) is 13.1. The van der Waals surface area contributed by atoms with Gasteiger partial charge in [-0.1, -0.05) is 24.6 Å². The van der Waals surface area contributed by atoms with Crippen molar-refractivity contribution in [2.45, 2.75) is 26.8 Å². The minimum atomic E-state index is -0.185. The van der Waals surface area contributed by atoms with Crippen LogP contribution in [0.1, 0.15) is 18.2 Å². The maximum atomic E-state index is 14.3. The summed E-state index contributed by atoms with van der Waals surface area (Å²) in [7, 11) is 0. The molecule has 120 valence electrons. The van der Waals surface area contributed by atoms with E-state index in [9.17, 15) is 4.39 Å². The summed E-state index contributed by atoms with van der Waals surface area (Å²) >= 11 is 5.83. The molecule has 4 nitrogen and oxygen atoms in total. The summed E-state index contributed by atoms with van der Waals surface area (Å²) in [5, 5.41) is 4.57. The van der Waals surface area contributed by atoms with Crippen molar-refractivity contribution in [1.82, 2.24) is 14.5 Å². The normalized spacial score (nSPS) is 11.1. The van der Waals surface area contributed by atoms with E-state index < -0.39 is 0 Å². The van der Waals surface area contributed by atoms with Crippen molar-refractivity contribution in [3.8, 4) is 0 Å². The lowest BCUT2D eigenvalue weighted by Gasteiger charge is -2.11. The van der Waals surface area contributed by atoms with Crippen LogP contribution in [0.4, 0.5) is 10.2 Å². The highest BCUT2D eigenvalue weighted by atomic mass is 35.5. The highest BCUT2D eigenvalue weighted by Crippen LogP contribution is 2.26. The third kappa shape index (κ3) is 3.15. The lowest BCUT2D eigenvalue weighted by molar-refractivity contribution is 0.621. The van der Waals surface area contributed by atoms with Gasteiger partial charge in [0.1, 0.15) is 23.1 Å². The van der Waals surface area contributed by atoms with Crippen LogP contribution in [0.5, 0.6) is 0 Å². The van der Waals surface area contributed by atoms with E-state index in [0.717, 1.165) is 17.5 Å². The lowest BCUT2D eigenvalue weighted by Crippen LogP contribution is -2.12. The predicted molar refractivity (Wildman–Crippen MR) is 91.5 cm³/mol. The minimum absolute atomic E-state index is 0.185. The molecule has 3 aromatic rings. The molecule has 1 aromatic carbocycles. The van der Waals surface area contributed by atoms with E-state index >= 15 is 0 Å². The van der Waals surface area contributed by atoms with Gasteiger partial charge in [-0.2, -0.15) is 0 Å². The number of nitrogens with one attached hydrogen (secondary N) is 1. The van der Waals surface area contributed by atoms with Crippen molar-refractivity contribution in [2.24, 2.45) is 0 Å². The minimum Gasteiger partial charge on any atom is -0.368 e. The van der Waals surface area contributed by atoms with Gasteiger partial charge < -0.3 is 9.88 Å². The van der Waals surface area contributed by atoms with Gasteiger partial charge in [0.2, 0.25) is 0 Å². The van der Waals surface area contributed by atoms with Crippen molar-refractivity contribution in [3.63, 3.8) is 0 Å². The molecule has 0 amide bonds. The summed E-state index contributed by atoms with van der Waals surface area (Å²) in [5.41, 5.74) is 2.88. The molecule has 3 rings (SSSR count). The zero-order chi connectivity index (χ0) is 16.4. The van der Waals surface area contributed by atoms with E-state index in [0.29, 0.717) is 29.6 Å². The first-order valence-electron chi connectivity index (χ1n) is 7.58. The second kappa shape index (κ2) is 6.54. The Morgan fingerprint density at radius 3 is 2.83 bits per heavy atom. The summed E-state index contributed by atoms with van der Waals surface area (Å²) in [6.45, 7) is 5.34. The van der Waals surface area contributed by atoms with E-state index in [2.05, 4.69) is 28.3 Å². The highest BCUT2D eigenvalue weighted by Gasteiger charge is 2.12. The monoisotopic (exact) mass is 332 g/mol. The average molecular weight is 333 g/mol. The van der Waals surface area contributed by atoms with Crippen LogP contribution in [0.3, 0.4) is 0 Å². The number of aryl methyl sites for hydroxylation is 2. The molecular formula is C17H18ClFN4. The first-order chi connectivity index (χ1) is 11.1. The number of fused-ring (bicyclic) bond motifs is 1. The number of hydrogen-bond acceptors (Lipinski definition) is 3. The molecule has 2 aromatic heterocycles. The van der Waals surface area contributed by atoms with Crippen molar-refractivity contribution < 1.29 is 4.39 Å². The van der Waals surface area contributed by atoms with E-state index in [1.807, 2.05) is 17.6 Å². The quantitative estimate of drug-likeness (QED) is 0.712. The van der Waals surface area contributed by atoms with E-state index in [1.165, 1.54) is 11.9 Å². The van der Waals surface area contributed by atoms with Crippen LogP contribution in [0.15, 0.2) is 30.6 Å². The van der Waals surface area contributed by atoms with Gasteiger partial charge in [0.15, 0.2) is 0 Å². The SMILES string of the molecule is CCc1ccc(F)c2c1cc(C)n2CCNc1cc(Cl)ncn1. The van der Waals surface area contributed by atoms with Crippen LogP contribution in [0, 0.1) is 12.7 Å². The number of halogens is 2. The molecule has 0 fully saturated rings. The molecule has 0 unspecified atom stereocenters. The molecule has 0 radical (unpaired) electrons. The Morgan fingerprint density at radius 2 is 2.09 bits per heavy atom. The summed E-state index contributed by atoms with van der Waals surface area (Å²) in [6.07, 6.45) is 2.30. The van der Waals surface area contributed by atoms with Crippen LogP contribution < -0.4 is 5.32 Å². The Labute approximate surface area is 139 Å². The molecule has 0 saturated carbocycles. The number of hydrogen-bond donors (Lipinski definition) is 1. The molecule has 0 spiro atoms. The van der Waals surface area contributed by atoms with Crippen LogP contribution in [0.25, 0.3) is 10.9 Å². The number of anilines is 1. The molecule has 1 N–H and O–H groups in total. The van der Waals surface area contributed by atoms with E-state index in [1.54, 1.807) is 12.1 Å². The van der Waals surface area contributed by atoms with Crippen molar-refractivity contribution in [2.75, 3.05) is 11.9 Å². The highest BCUT2D eigenvalue weighted by molar-refractivity contribution is 6.29. The van der Waals surface area contributed by atoms with Gasteiger partial charge in [0, 0.05) is 30.2 Å². The summed E-state index contributed by atoms with van der Waals surface area (Å²) in [4.78, 5) is 7.94. The van der Waals surface area contributed by atoms with Crippen LogP contribution in [0.2, 0.25) is 5.15 Å². The summed E-state index contributed by atoms with van der Waals surface area (Å²) < 4.78 is 16.3. The van der Waals surface area contributed by atoms with Crippen LogP contribution in [-0.4, -0.2) is 21.1 Å². The van der Waals surface area contributed by atoms with Gasteiger partial charge in [-0.15, -0.1) is 0 Å². The maximum Gasteiger partial charge on any atom is 0.147 e. The van der Waals surface area contributed by atoms with Crippen molar-refractivity contribution in [3.05, 3.63) is 52.8 Å². The molecule has 2 heterocycles. The molecule has 0 aliphatic rings. The first kappa shape index (κ1) is 15.7. The standard InChI is InChI=1S/C17H18ClFN4/c1-3-12-4-5-14(19)17-13(12)8-11(2)23(17)7-6-20-16-9-15(18)21-10-22-16/h4-5,8-10H,3,6-7H2,1-2H3,(H,20,21,22). The summed E-state index contributed by atoms with van der Waals surface area (Å²) in [6, 6.07) is 7.13. The summed E-state index contributed by atoms with van der Waals surface area (Å²) in [5.74, 6) is 0.476. The van der Waals surface area contributed by atoms with Gasteiger partial charge in [-0.25, -0.2) is 14.4 Å². The third-order valence-corrected chi connectivity index (χ3v) is 4.17. The van der Waals surface area contributed by atoms with Crippen molar-refractivity contribution in [1.29, 1.82) is 0 Å². The Morgan fingerprint density at radius 1 is 1.26 bits per heavy atom. The second-order valence-electron chi connectivity index (χ2n) is 5.41. The predicted octanol–water partition coefficient (Wildman–Crippen LogP) is 4.21. The van der Waals surface area contributed by atoms with Gasteiger partial charge in [0.05, 0.1) is 5.52 Å². The molecule has 0 bridgehead atoms. The van der Waals surface area contributed by atoms with Crippen LogP contribution >= 0.6 is 11.6 Å². The fraction of sp³-hybridized carbons (Fsp3) is 0.294. The fourth-order valence-electron chi connectivity index (χ4n) is 2.84. The van der Waals surface area contributed by atoms with E-state index in [4.69, 9.17) is 11.6 Å². The Hall–Kier alpha value is -2.14. The first-order valence-corrected chi connectivity index (χ1v) is 7.96. The molecule has 6 heteroatoms. The van der Waals surface area contributed by atoms with E-state index in [-0.39, 0.29) is 5.82 Å². The smallest absolute Gasteiger partial charge is 0.147 e. The lowest BCUT2D eigenvalue weighted by atomic mass is 10.1. The Bertz CT molecular complexity index is 844. The van der Waals surface area contributed by atoms with Gasteiger partial charge in [-0.05, 0) is 31.0 Å². The molecule has 0 aliphatic carbocycles. The van der Waals surface area contributed by atoms with Crippen LogP contribution in [-0.2, 0) is 13.0 Å². The Balaban J connectivity index is 1.84. The van der Waals surface area contributed by atoms with Gasteiger partial charge >= 0.3 is 0 Å². The number of rotatable bonds is 5. The maximum absolute atomic E-state index is 14.3. The average Bonchev–Trinajstić information content (AvgIpc) is 2.86. The fourth-order valence-corrected chi connectivity index (χ4v) is 2.99. The molecule has 0 atom stereocenters. The molecule has 23 heavy (non-hydrogen) atoms. The number of nitrogens with zero attached hydrogens (tertiary/aromatic N) is 3. The van der Waals surface area contributed by atoms with Gasteiger partial charge in [0.25, 0.3) is 0 Å². The molecule has 0 aliphatic heterocycles. The zero-order valence-corrected chi connectivity index (χ0v) is 13.9. The van der Waals surface area contributed by atoms with Gasteiger partial charge in [-0.3, -0.25) is 0 Å². The molecular weight excluding hydrogens is 315 g/mol. The topological polar surface area (TPSA) is 42.7 Å². The third-order valence-electron chi connectivity index (χ3n) is 3.96.